The molecule has 0 saturated carbocycles. The van der Waals surface area contributed by atoms with Crippen LogP contribution in [-0.4, -0.2) is 29.4 Å². The molecule has 0 spiro atoms. The molecule has 2 N–H and O–H groups in total. The smallest absolute Gasteiger partial charge is 0.335 e. The predicted molar refractivity (Wildman–Crippen MR) is 117 cm³/mol. The van der Waals surface area contributed by atoms with Crippen LogP contribution < -0.4 is 10.3 Å². The van der Waals surface area contributed by atoms with Crippen LogP contribution in [0.5, 0.6) is 0 Å². The van der Waals surface area contributed by atoms with Crippen LogP contribution in [0.1, 0.15) is 54.7 Å². The number of aromatic carboxylic acids is 1. The van der Waals surface area contributed by atoms with Crippen molar-refractivity contribution in [2.45, 2.75) is 40.2 Å². The van der Waals surface area contributed by atoms with E-state index in [2.05, 4.69) is 68.3 Å². The van der Waals surface area contributed by atoms with Gasteiger partial charge in [-0.2, -0.15) is 5.10 Å². The molecule has 0 aliphatic carbocycles. The Morgan fingerprint density at radius 1 is 1.21 bits per heavy atom. The first-order valence-corrected chi connectivity index (χ1v) is 9.47. The van der Waals surface area contributed by atoms with E-state index in [4.69, 9.17) is 5.11 Å². The zero-order valence-electron chi connectivity index (χ0n) is 17.1. The van der Waals surface area contributed by atoms with Crippen LogP contribution in [0.4, 0.5) is 11.4 Å². The van der Waals surface area contributed by atoms with E-state index >= 15 is 0 Å². The van der Waals surface area contributed by atoms with Crippen molar-refractivity contribution in [3.05, 3.63) is 64.7 Å². The molecule has 0 amide bonds. The second-order valence-electron chi connectivity index (χ2n) is 7.70. The van der Waals surface area contributed by atoms with Gasteiger partial charge in [0.15, 0.2) is 0 Å². The van der Waals surface area contributed by atoms with E-state index in [1.54, 1.807) is 24.3 Å². The maximum atomic E-state index is 10.9. The maximum absolute atomic E-state index is 10.9. The number of nitrogens with one attached hydrogen (secondary N) is 1. The number of anilines is 2. The third-order valence-electron chi connectivity index (χ3n) is 5.21. The standard InChI is InChI=1S/C23H27N3O2/c1-6-26-21-11-15(2)18(12-20(21)16(3)13-23(26,4)5)14-24-25-19-9-7-17(8-10-19)22(27)28/h7-14,25H,6H2,1-5H3,(H,27,28)/b24-14+. The molecule has 5 nitrogen and oxygen atoms in total. The highest BCUT2D eigenvalue weighted by atomic mass is 16.4. The Labute approximate surface area is 166 Å². The SMILES string of the molecule is CCN1c2cc(C)c(/C=N/Nc3ccc(C(=O)O)cc3)cc2C(C)=CC1(C)C. The first-order chi connectivity index (χ1) is 13.2. The number of hydrogen-bond acceptors (Lipinski definition) is 4. The van der Waals surface area contributed by atoms with Crippen LogP contribution >= 0.6 is 0 Å². The number of aryl methyl sites for hydroxylation is 1. The molecule has 1 heterocycles. The summed E-state index contributed by atoms with van der Waals surface area (Å²) in [6.45, 7) is 11.9. The average Bonchev–Trinajstić information content (AvgIpc) is 2.62. The van der Waals surface area contributed by atoms with Gasteiger partial charge in [-0.05, 0) is 87.7 Å². The van der Waals surface area contributed by atoms with Crippen molar-refractivity contribution >= 4 is 29.1 Å². The molecule has 0 radical (unpaired) electrons. The summed E-state index contributed by atoms with van der Waals surface area (Å²) in [4.78, 5) is 13.3. The number of nitrogens with zero attached hydrogens (tertiary/aromatic N) is 2. The fourth-order valence-electron chi connectivity index (χ4n) is 3.83. The number of hydrogen-bond donors (Lipinski definition) is 2. The number of carbonyl (C=O) groups is 1. The van der Waals surface area contributed by atoms with Gasteiger partial charge in [0, 0.05) is 17.8 Å². The van der Waals surface area contributed by atoms with Gasteiger partial charge in [0.25, 0.3) is 0 Å². The van der Waals surface area contributed by atoms with Gasteiger partial charge in [-0.1, -0.05) is 6.08 Å². The Bertz CT molecular complexity index is 957. The van der Waals surface area contributed by atoms with Gasteiger partial charge in [-0.25, -0.2) is 4.79 Å². The lowest BCUT2D eigenvalue weighted by Crippen LogP contribution is -2.45. The molecular formula is C23H27N3O2. The third kappa shape index (κ3) is 3.79. The Balaban J connectivity index is 1.85. The van der Waals surface area contributed by atoms with Gasteiger partial charge >= 0.3 is 5.97 Å². The predicted octanol–water partition coefficient (Wildman–Crippen LogP) is 5.16. The van der Waals surface area contributed by atoms with Gasteiger partial charge in [-0.3, -0.25) is 5.43 Å². The zero-order chi connectivity index (χ0) is 20.5. The minimum absolute atomic E-state index is 0.00243. The highest BCUT2D eigenvalue weighted by molar-refractivity contribution is 5.90. The van der Waals surface area contributed by atoms with Gasteiger partial charge in [-0.15, -0.1) is 0 Å². The fourth-order valence-corrected chi connectivity index (χ4v) is 3.83. The van der Waals surface area contributed by atoms with E-state index in [-0.39, 0.29) is 11.1 Å². The highest BCUT2D eigenvalue weighted by Crippen LogP contribution is 2.39. The van der Waals surface area contributed by atoms with Crippen molar-refractivity contribution in [3.63, 3.8) is 0 Å². The minimum Gasteiger partial charge on any atom is -0.478 e. The number of fused-ring (bicyclic) bond motifs is 1. The van der Waals surface area contributed by atoms with Crippen molar-refractivity contribution in [2.75, 3.05) is 16.9 Å². The molecule has 28 heavy (non-hydrogen) atoms. The highest BCUT2D eigenvalue weighted by Gasteiger charge is 2.30. The number of hydrazone groups is 1. The van der Waals surface area contributed by atoms with Crippen LogP contribution in [0.2, 0.25) is 0 Å². The summed E-state index contributed by atoms with van der Waals surface area (Å²) < 4.78 is 0. The molecule has 1 aliphatic rings. The summed E-state index contributed by atoms with van der Waals surface area (Å²) >= 11 is 0. The maximum Gasteiger partial charge on any atom is 0.335 e. The van der Waals surface area contributed by atoms with Crippen molar-refractivity contribution < 1.29 is 9.90 Å². The van der Waals surface area contributed by atoms with Crippen LogP contribution in [0.3, 0.4) is 0 Å². The van der Waals surface area contributed by atoms with Gasteiger partial charge in [0.1, 0.15) is 0 Å². The third-order valence-corrected chi connectivity index (χ3v) is 5.21. The molecule has 3 rings (SSSR count). The summed E-state index contributed by atoms with van der Waals surface area (Å²) in [5, 5.41) is 13.3. The molecule has 0 bridgehead atoms. The molecule has 0 unspecified atom stereocenters. The van der Waals surface area contributed by atoms with Crippen LogP contribution in [0, 0.1) is 6.92 Å². The first kappa shape index (κ1) is 19.7. The van der Waals surface area contributed by atoms with Crippen molar-refractivity contribution in [1.29, 1.82) is 0 Å². The lowest BCUT2D eigenvalue weighted by molar-refractivity contribution is 0.0697. The summed E-state index contributed by atoms with van der Waals surface area (Å²) in [5.74, 6) is -0.938. The Morgan fingerprint density at radius 3 is 2.50 bits per heavy atom. The number of rotatable bonds is 5. The summed E-state index contributed by atoms with van der Waals surface area (Å²) in [6.07, 6.45) is 4.13. The van der Waals surface area contributed by atoms with Crippen molar-refractivity contribution in [1.82, 2.24) is 0 Å². The van der Waals surface area contributed by atoms with E-state index in [1.807, 2.05) is 6.21 Å². The lowest BCUT2D eigenvalue weighted by Gasteiger charge is -2.43. The Hall–Kier alpha value is -3.08. The quantitative estimate of drug-likeness (QED) is 0.558. The largest absolute Gasteiger partial charge is 0.478 e. The van der Waals surface area contributed by atoms with Gasteiger partial charge < -0.3 is 10.0 Å². The normalized spacial score (nSPS) is 15.3. The van der Waals surface area contributed by atoms with Crippen molar-refractivity contribution in [3.8, 4) is 0 Å². The number of likely N-dealkylation sites (N-methyl/N-ethyl adjacent to an activating group) is 1. The van der Waals surface area contributed by atoms with Gasteiger partial charge in [0.2, 0.25) is 0 Å². The topological polar surface area (TPSA) is 64.9 Å². The second-order valence-corrected chi connectivity index (χ2v) is 7.70. The Morgan fingerprint density at radius 2 is 1.89 bits per heavy atom. The average molecular weight is 377 g/mol. The lowest BCUT2D eigenvalue weighted by atomic mass is 9.87. The van der Waals surface area contributed by atoms with Crippen LogP contribution in [-0.2, 0) is 0 Å². The van der Waals surface area contributed by atoms with E-state index in [0.717, 1.165) is 23.4 Å². The second kappa shape index (κ2) is 7.50. The summed E-state index contributed by atoms with van der Waals surface area (Å²) in [6, 6.07) is 10.9. The van der Waals surface area contributed by atoms with Crippen molar-refractivity contribution in [2.24, 2.45) is 5.10 Å². The molecule has 0 atom stereocenters. The van der Waals surface area contributed by atoms with Crippen LogP contribution in [0.15, 0.2) is 47.6 Å². The molecule has 2 aromatic rings. The molecule has 146 valence electrons. The molecule has 2 aromatic carbocycles. The van der Waals surface area contributed by atoms with Crippen LogP contribution in [0.25, 0.3) is 5.57 Å². The van der Waals surface area contributed by atoms with E-state index in [9.17, 15) is 4.79 Å². The Kier molecular flexibility index (Phi) is 5.27. The molecule has 0 fully saturated rings. The molecular weight excluding hydrogens is 350 g/mol. The van der Waals surface area contributed by atoms with E-state index in [0.29, 0.717) is 0 Å². The van der Waals surface area contributed by atoms with E-state index in [1.165, 1.54) is 16.8 Å². The number of carboxylic acid groups (broad SMARTS) is 1. The first-order valence-electron chi connectivity index (χ1n) is 9.47. The number of allylic oxidation sites excluding steroid dienone is 1. The molecule has 0 saturated heterocycles. The number of benzene rings is 2. The summed E-state index contributed by atoms with van der Waals surface area (Å²) in [7, 11) is 0. The van der Waals surface area contributed by atoms with E-state index < -0.39 is 5.97 Å². The molecule has 1 aliphatic heterocycles. The zero-order valence-corrected chi connectivity index (χ0v) is 17.1. The fraction of sp³-hybridized carbons (Fsp3) is 0.304. The summed E-state index contributed by atoms with van der Waals surface area (Å²) in [5.41, 5.74) is 9.94. The minimum atomic E-state index is -0.938. The molecule has 0 aromatic heterocycles. The monoisotopic (exact) mass is 377 g/mol. The number of carboxylic acids is 1. The van der Waals surface area contributed by atoms with Gasteiger partial charge in [0.05, 0.1) is 23.0 Å². The molecule has 5 heteroatoms.